The van der Waals surface area contributed by atoms with Crippen molar-refractivity contribution in [3.8, 4) is 0 Å². The molecule has 0 rings (SSSR count). The molecular formula is C9H11F8NO. The molecule has 0 saturated carbocycles. The van der Waals surface area contributed by atoms with E-state index in [1.165, 1.54) is 0 Å². The van der Waals surface area contributed by atoms with Crippen LogP contribution in [0.4, 0.5) is 35.1 Å². The van der Waals surface area contributed by atoms with E-state index in [0.29, 0.717) is 0 Å². The maximum atomic E-state index is 13.1. The largest absolute Gasteiger partial charge is 0.392 e. The fraction of sp³-hybridized carbons (Fsp3) is 0.889. The van der Waals surface area contributed by atoms with Gasteiger partial charge < -0.3 is 4.90 Å². The zero-order chi connectivity index (χ0) is 15.6. The number of hydrogen-bond acceptors (Lipinski definition) is 1. The van der Waals surface area contributed by atoms with Gasteiger partial charge in [-0.15, -0.1) is 0 Å². The first-order valence-corrected chi connectivity index (χ1v) is 5.08. The molecule has 0 aliphatic heterocycles. The molecule has 0 N–H and O–H groups in total. The minimum atomic E-state index is -6.49. The Kier molecular flexibility index (Phi) is 5.18. The zero-order valence-corrected chi connectivity index (χ0v) is 9.87. The number of amides is 1. The summed E-state index contributed by atoms with van der Waals surface area (Å²) in [5.41, 5.74) is 0. The highest BCUT2D eigenvalue weighted by atomic mass is 19.4. The minimum Gasteiger partial charge on any atom is -0.338 e. The van der Waals surface area contributed by atoms with Gasteiger partial charge in [-0.3, -0.25) is 4.79 Å². The Bertz CT molecular complexity index is 326. The van der Waals surface area contributed by atoms with Crippen LogP contribution in [0.25, 0.3) is 0 Å². The van der Waals surface area contributed by atoms with E-state index in [2.05, 4.69) is 0 Å². The first-order chi connectivity index (χ1) is 8.37. The summed E-state index contributed by atoms with van der Waals surface area (Å²) in [4.78, 5) is 11.2. The van der Waals surface area contributed by atoms with Gasteiger partial charge in [0.25, 0.3) is 5.91 Å². The van der Waals surface area contributed by atoms with Gasteiger partial charge in [-0.05, 0) is 13.8 Å². The monoisotopic (exact) mass is 301 g/mol. The van der Waals surface area contributed by atoms with Crippen molar-refractivity contribution in [2.24, 2.45) is 0 Å². The molecule has 0 fully saturated rings. The van der Waals surface area contributed by atoms with E-state index in [1.54, 1.807) is 0 Å². The van der Waals surface area contributed by atoms with E-state index >= 15 is 0 Å². The molecule has 1 amide bonds. The van der Waals surface area contributed by atoms with Crippen molar-refractivity contribution in [3.05, 3.63) is 0 Å². The van der Waals surface area contributed by atoms with Crippen LogP contribution in [0.2, 0.25) is 0 Å². The molecule has 0 spiro atoms. The molecule has 0 radical (unpaired) electrons. The Balaban J connectivity index is 5.57. The Morgan fingerprint density at radius 2 is 1.37 bits per heavy atom. The maximum Gasteiger partial charge on any atom is 0.392 e. The van der Waals surface area contributed by atoms with E-state index in [1.807, 2.05) is 0 Å². The van der Waals surface area contributed by atoms with Gasteiger partial charge in [0.2, 0.25) is 0 Å². The fourth-order valence-corrected chi connectivity index (χ4v) is 1.19. The average Bonchev–Trinajstić information content (AvgIpc) is 2.29. The van der Waals surface area contributed by atoms with Gasteiger partial charge in [-0.2, -0.15) is 26.3 Å². The molecule has 10 heteroatoms. The van der Waals surface area contributed by atoms with Crippen molar-refractivity contribution in [2.75, 3.05) is 13.1 Å². The van der Waals surface area contributed by atoms with Crippen LogP contribution in [0.15, 0.2) is 0 Å². The van der Waals surface area contributed by atoms with Gasteiger partial charge in [0.15, 0.2) is 0 Å². The standard InChI is InChI=1S/C9H11F8NO/c1-3-18(4-2)6(19)8(14,15)9(16,17)7(12,13)5(10)11/h5H,3-4H2,1-2H3. The summed E-state index contributed by atoms with van der Waals surface area (Å²) in [7, 11) is 0. The lowest BCUT2D eigenvalue weighted by Crippen LogP contribution is -2.63. The lowest BCUT2D eigenvalue weighted by atomic mass is 10.0. The average molecular weight is 301 g/mol. The Morgan fingerprint density at radius 1 is 1.00 bits per heavy atom. The third kappa shape index (κ3) is 2.76. The van der Waals surface area contributed by atoms with Crippen LogP contribution in [0.5, 0.6) is 0 Å². The summed E-state index contributed by atoms with van der Waals surface area (Å²) in [5.74, 6) is -21.4. The molecule has 0 aliphatic carbocycles. The summed E-state index contributed by atoms with van der Waals surface area (Å²) < 4.78 is 101. The third-order valence-corrected chi connectivity index (χ3v) is 2.41. The van der Waals surface area contributed by atoms with Crippen molar-refractivity contribution >= 4 is 5.91 Å². The molecule has 0 aliphatic rings. The second kappa shape index (κ2) is 5.49. The molecule has 2 nitrogen and oxygen atoms in total. The molecular weight excluding hydrogens is 290 g/mol. The van der Waals surface area contributed by atoms with E-state index in [9.17, 15) is 39.9 Å². The Morgan fingerprint density at radius 3 is 1.63 bits per heavy atom. The summed E-state index contributed by atoms with van der Waals surface area (Å²) in [6, 6.07) is 0. The van der Waals surface area contributed by atoms with Crippen LogP contribution in [-0.4, -0.2) is 48.1 Å². The number of halogens is 8. The van der Waals surface area contributed by atoms with Crippen LogP contribution >= 0.6 is 0 Å². The molecule has 0 saturated heterocycles. The fourth-order valence-electron chi connectivity index (χ4n) is 1.19. The van der Waals surface area contributed by atoms with E-state index < -0.39 is 43.2 Å². The zero-order valence-electron chi connectivity index (χ0n) is 9.87. The predicted octanol–water partition coefficient (Wildman–Crippen LogP) is 3.03. The first kappa shape index (κ1) is 17.9. The Labute approximate surface area is 103 Å². The van der Waals surface area contributed by atoms with Gasteiger partial charge >= 0.3 is 24.2 Å². The second-order valence-electron chi connectivity index (χ2n) is 3.55. The van der Waals surface area contributed by atoms with Crippen molar-refractivity contribution < 1.29 is 39.9 Å². The summed E-state index contributed by atoms with van der Waals surface area (Å²) in [6.45, 7) is 1.37. The third-order valence-electron chi connectivity index (χ3n) is 2.41. The first-order valence-electron chi connectivity index (χ1n) is 5.08. The SMILES string of the molecule is CCN(CC)C(=O)C(F)(F)C(F)(F)C(F)(F)C(F)F. The molecule has 19 heavy (non-hydrogen) atoms. The van der Waals surface area contributed by atoms with E-state index in [0.717, 1.165) is 13.8 Å². The van der Waals surface area contributed by atoms with Crippen LogP contribution in [-0.2, 0) is 4.79 Å². The molecule has 0 atom stereocenters. The van der Waals surface area contributed by atoms with Gasteiger partial charge in [0.05, 0.1) is 0 Å². The predicted molar refractivity (Wildman–Crippen MR) is 48.8 cm³/mol. The van der Waals surface area contributed by atoms with E-state index in [4.69, 9.17) is 0 Å². The number of carbonyl (C=O) groups is 1. The molecule has 0 bridgehead atoms. The number of rotatable bonds is 6. The highest BCUT2D eigenvalue weighted by Crippen LogP contribution is 2.49. The van der Waals surface area contributed by atoms with Crippen molar-refractivity contribution in [1.82, 2.24) is 4.90 Å². The van der Waals surface area contributed by atoms with Gasteiger partial charge in [-0.1, -0.05) is 0 Å². The summed E-state index contributed by atoms with van der Waals surface area (Å²) >= 11 is 0. The molecule has 0 aromatic rings. The number of alkyl halides is 8. The van der Waals surface area contributed by atoms with Crippen molar-refractivity contribution in [2.45, 2.75) is 38.0 Å². The highest BCUT2D eigenvalue weighted by molar-refractivity contribution is 5.85. The maximum absolute atomic E-state index is 13.1. The molecule has 0 aromatic heterocycles. The van der Waals surface area contributed by atoms with Crippen LogP contribution in [0.3, 0.4) is 0 Å². The number of hydrogen-bond donors (Lipinski definition) is 0. The highest BCUT2D eigenvalue weighted by Gasteiger charge is 2.78. The minimum absolute atomic E-state index is 0.148. The molecule has 0 heterocycles. The molecule has 0 aromatic carbocycles. The van der Waals surface area contributed by atoms with Gasteiger partial charge in [0, 0.05) is 13.1 Å². The van der Waals surface area contributed by atoms with Crippen molar-refractivity contribution in [3.63, 3.8) is 0 Å². The number of nitrogens with zero attached hydrogens (tertiary/aromatic N) is 1. The lowest BCUT2D eigenvalue weighted by Gasteiger charge is -2.33. The van der Waals surface area contributed by atoms with Crippen LogP contribution in [0, 0.1) is 0 Å². The number of carbonyl (C=O) groups excluding carboxylic acids is 1. The second-order valence-corrected chi connectivity index (χ2v) is 3.55. The van der Waals surface area contributed by atoms with Crippen LogP contribution in [0.1, 0.15) is 13.8 Å². The summed E-state index contributed by atoms with van der Waals surface area (Å²) in [6.07, 6.45) is -5.03. The van der Waals surface area contributed by atoms with Crippen molar-refractivity contribution in [1.29, 1.82) is 0 Å². The smallest absolute Gasteiger partial charge is 0.338 e. The summed E-state index contributed by atoms with van der Waals surface area (Å²) in [5, 5.41) is 0. The topological polar surface area (TPSA) is 20.3 Å². The molecule has 0 unspecified atom stereocenters. The van der Waals surface area contributed by atoms with Gasteiger partial charge in [0.1, 0.15) is 0 Å². The lowest BCUT2D eigenvalue weighted by molar-refractivity contribution is -0.329. The Hall–Kier alpha value is -1.09. The quantitative estimate of drug-likeness (QED) is 0.691. The van der Waals surface area contributed by atoms with E-state index in [-0.39, 0.29) is 4.90 Å². The molecule has 114 valence electrons. The normalized spacial score (nSPS) is 13.8. The van der Waals surface area contributed by atoms with Crippen LogP contribution < -0.4 is 0 Å². The van der Waals surface area contributed by atoms with Gasteiger partial charge in [-0.25, -0.2) is 8.78 Å².